The molecule has 1 aromatic carbocycles. The van der Waals surface area contributed by atoms with E-state index in [-0.39, 0.29) is 29.3 Å². The van der Waals surface area contributed by atoms with Crippen molar-refractivity contribution in [3.05, 3.63) is 35.9 Å². The minimum atomic E-state index is -0.935. The topological polar surface area (TPSA) is 125 Å². The maximum Gasteiger partial charge on any atom is 0.316 e. The molecule has 1 aliphatic heterocycles. The Labute approximate surface area is 226 Å². The number of urea groups is 1. The first-order valence-corrected chi connectivity index (χ1v) is 13.6. The van der Waals surface area contributed by atoms with Gasteiger partial charge in [-0.3, -0.25) is 19.2 Å². The van der Waals surface area contributed by atoms with Gasteiger partial charge in [0.25, 0.3) is 0 Å². The second-order valence-electron chi connectivity index (χ2n) is 11.5. The Balaban J connectivity index is 2.18. The van der Waals surface area contributed by atoms with Crippen LogP contribution in [0.1, 0.15) is 84.5 Å². The zero-order chi connectivity index (χ0) is 28.6. The monoisotopic (exact) mass is 528 g/mol. The molecule has 1 aromatic rings. The Morgan fingerprint density at radius 2 is 1.63 bits per heavy atom. The van der Waals surface area contributed by atoms with Crippen molar-refractivity contribution >= 4 is 29.4 Å². The van der Waals surface area contributed by atoms with Crippen molar-refractivity contribution in [3.8, 4) is 0 Å². The number of rotatable bonds is 11. The Hall–Kier alpha value is -3.23. The molecule has 2 rings (SSSR count). The summed E-state index contributed by atoms with van der Waals surface area (Å²) in [6, 6.07) is 5.13. The van der Waals surface area contributed by atoms with Crippen LogP contribution in [0.5, 0.6) is 0 Å². The molecular weight excluding hydrogens is 484 g/mol. The van der Waals surface area contributed by atoms with Gasteiger partial charge >= 0.3 is 6.03 Å². The number of carbonyl (C=O) groups is 5. The minimum Gasteiger partial charge on any atom is -0.345 e. The summed E-state index contributed by atoms with van der Waals surface area (Å²) >= 11 is 0. The molecule has 9 heteroatoms. The zero-order valence-corrected chi connectivity index (χ0v) is 23.8. The van der Waals surface area contributed by atoms with E-state index in [1.54, 1.807) is 24.3 Å². The highest BCUT2D eigenvalue weighted by molar-refractivity contribution is 6.02. The predicted molar refractivity (Wildman–Crippen MR) is 147 cm³/mol. The van der Waals surface area contributed by atoms with E-state index in [0.29, 0.717) is 31.4 Å². The molecule has 0 aliphatic carbocycles. The van der Waals surface area contributed by atoms with Crippen LogP contribution in [0.15, 0.2) is 30.3 Å². The van der Waals surface area contributed by atoms with Crippen LogP contribution in [0.2, 0.25) is 0 Å². The van der Waals surface area contributed by atoms with Crippen molar-refractivity contribution in [2.45, 2.75) is 98.3 Å². The minimum absolute atomic E-state index is 0.119. The SMILES string of the molecule is CCCC(NC(=O)[C@@H]1CCCN1C(=O)[C@@H](NC(=O)NC(C(=O)c1ccccc1)C(C)C)C(C)(C)C)C(C)=O. The van der Waals surface area contributed by atoms with E-state index >= 15 is 0 Å². The maximum absolute atomic E-state index is 13.7. The van der Waals surface area contributed by atoms with Crippen molar-refractivity contribution in [1.82, 2.24) is 20.9 Å². The average Bonchev–Trinajstić information content (AvgIpc) is 3.34. The van der Waals surface area contributed by atoms with Crippen LogP contribution in [0.3, 0.4) is 0 Å². The highest BCUT2D eigenvalue weighted by Gasteiger charge is 2.42. The summed E-state index contributed by atoms with van der Waals surface area (Å²) in [6.45, 7) is 13.0. The number of likely N-dealkylation sites (tertiary alicyclic amines) is 1. The predicted octanol–water partition coefficient (Wildman–Crippen LogP) is 3.47. The van der Waals surface area contributed by atoms with Crippen LogP contribution >= 0.6 is 0 Å². The van der Waals surface area contributed by atoms with Gasteiger partial charge in [0.05, 0.1) is 12.1 Å². The van der Waals surface area contributed by atoms with Crippen LogP contribution in [0.25, 0.3) is 0 Å². The smallest absolute Gasteiger partial charge is 0.316 e. The molecule has 1 aliphatic rings. The van der Waals surface area contributed by atoms with Gasteiger partial charge in [-0.1, -0.05) is 78.3 Å². The quantitative estimate of drug-likeness (QED) is 0.379. The molecule has 0 saturated carbocycles. The number of hydrogen-bond acceptors (Lipinski definition) is 5. The second kappa shape index (κ2) is 13.5. The number of hydrogen-bond donors (Lipinski definition) is 3. The highest BCUT2D eigenvalue weighted by Crippen LogP contribution is 2.26. The summed E-state index contributed by atoms with van der Waals surface area (Å²) in [5.41, 5.74) is -0.174. The number of carbonyl (C=O) groups excluding carboxylic acids is 5. The van der Waals surface area contributed by atoms with E-state index in [9.17, 15) is 24.0 Å². The third-order valence-electron chi connectivity index (χ3n) is 6.91. The van der Waals surface area contributed by atoms with Gasteiger partial charge in [0.15, 0.2) is 11.6 Å². The molecule has 9 nitrogen and oxygen atoms in total. The Bertz CT molecular complexity index is 1000. The second-order valence-corrected chi connectivity index (χ2v) is 11.5. The van der Waals surface area contributed by atoms with Crippen molar-refractivity contribution in [2.24, 2.45) is 11.3 Å². The Kier molecular flexibility index (Phi) is 11.0. The van der Waals surface area contributed by atoms with Crippen LogP contribution in [0.4, 0.5) is 4.79 Å². The van der Waals surface area contributed by atoms with Gasteiger partial charge in [0, 0.05) is 12.1 Å². The standard InChI is InChI=1S/C29H44N4O5/c1-8-13-21(19(4)34)30-26(36)22-16-12-17-33(22)27(37)25(29(5,6)7)32-28(38)31-23(18(2)3)24(35)20-14-10-9-11-15-20/h9-11,14-15,18,21-23,25H,8,12-13,16-17H2,1-7H3,(H,30,36)(H2,31,32,38)/t21?,22-,23?,25+/m0/s1. The number of nitrogens with zero attached hydrogens (tertiary/aromatic N) is 1. The molecule has 4 amide bonds. The molecule has 1 heterocycles. The molecule has 1 fully saturated rings. The summed E-state index contributed by atoms with van der Waals surface area (Å²) in [6.07, 6.45) is 2.41. The molecule has 38 heavy (non-hydrogen) atoms. The van der Waals surface area contributed by atoms with Gasteiger partial charge < -0.3 is 20.9 Å². The molecule has 1 saturated heterocycles. The average molecular weight is 529 g/mol. The molecule has 210 valence electrons. The van der Waals surface area contributed by atoms with Crippen LogP contribution in [-0.4, -0.2) is 65.0 Å². The first kappa shape index (κ1) is 31.0. The van der Waals surface area contributed by atoms with Gasteiger partial charge in [0.1, 0.15) is 12.1 Å². The Morgan fingerprint density at radius 3 is 2.16 bits per heavy atom. The Morgan fingerprint density at radius 1 is 1.00 bits per heavy atom. The van der Waals surface area contributed by atoms with E-state index in [4.69, 9.17) is 0 Å². The van der Waals surface area contributed by atoms with Crippen molar-refractivity contribution in [1.29, 1.82) is 0 Å². The van der Waals surface area contributed by atoms with Gasteiger partial charge in [-0.25, -0.2) is 4.79 Å². The lowest BCUT2D eigenvalue weighted by atomic mass is 9.85. The third kappa shape index (κ3) is 8.13. The molecule has 0 radical (unpaired) electrons. The summed E-state index contributed by atoms with van der Waals surface area (Å²) in [4.78, 5) is 66.5. The van der Waals surface area contributed by atoms with Crippen molar-refractivity contribution < 1.29 is 24.0 Å². The normalized spacial score (nSPS) is 17.9. The number of Topliss-reactive ketones (excluding diaryl/α,β-unsaturated/α-hetero) is 2. The summed E-state index contributed by atoms with van der Waals surface area (Å²) in [5.74, 6) is -1.23. The first-order valence-electron chi connectivity index (χ1n) is 13.6. The molecular formula is C29H44N4O5. The van der Waals surface area contributed by atoms with Crippen molar-refractivity contribution in [3.63, 3.8) is 0 Å². The van der Waals surface area contributed by atoms with Gasteiger partial charge in [-0.05, 0) is 37.5 Å². The van der Waals surface area contributed by atoms with E-state index in [2.05, 4.69) is 16.0 Å². The maximum atomic E-state index is 13.7. The van der Waals surface area contributed by atoms with E-state index in [0.717, 1.165) is 6.42 Å². The lowest BCUT2D eigenvalue weighted by Gasteiger charge is -2.36. The lowest BCUT2D eigenvalue weighted by Crippen LogP contribution is -2.61. The number of amides is 4. The first-order chi connectivity index (χ1) is 17.8. The molecule has 2 unspecified atom stereocenters. The lowest BCUT2D eigenvalue weighted by molar-refractivity contribution is -0.142. The van der Waals surface area contributed by atoms with E-state index in [1.807, 2.05) is 47.6 Å². The van der Waals surface area contributed by atoms with Crippen molar-refractivity contribution in [2.75, 3.05) is 6.54 Å². The number of benzene rings is 1. The van der Waals surface area contributed by atoms with E-state index < -0.39 is 35.6 Å². The fourth-order valence-electron chi connectivity index (χ4n) is 4.68. The highest BCUT2D eigenvalue weighted by atomic mass is 16.2. The van der Waals surface area contributed by atoms with Crippen LogP contribution < -0.4 is 16.0 Å². The van der Waals surface area contributed by atoms with Crippen LogP contribution in [0, 0.1) is 11.3 Å². The third-order valence-corrected chi connectivity index (χ3v) is 6.91. The van der Waals surface area contributed by atoms with Gasteiger partial charge in [0.2, 0.25) is 11.8 Å². The molecule has 0 aromatic heterocycles. The number of nitrogens with one attached hydrogen (secondary N) is 3. The molecule has 0 spiro atoms. The van der Waals surface area contributed by atoms with Gasteiger partial charge in [-0.15, -0.1) is 0 Å². The summed E-state index contributed by atoms with van der Waals surface area (Å²) < 4.78 is 0. The molecule has 4 atom stereocenters. The summed E-state index contributed by atoms with van der Waals surface area (Å²) in [5, 5.41) is 8.36. The largest absolute Gasteiger partial charge is 0.345 e. The number of ketones is 2. The fraction of sp³-hybridized carbons (Fsp3) is 0.621. The summed E-state index contributed by atoms with van der Waals surface area (Å²) in [7, 11) is 0. The van der Waals surface area contributed by atoms with Crippen LogP contribution in [-0.2, 0) is 14.4 Å². The molecule has 0 bridgehead atoms. The zero-order valence-electron chi connectivity index (χ0n) is 23.8. The fourth-order valence-corrected chi connectivity index (χ4v) is 4.68. The van der Waals surface area contributed by atoms with E-state index in [1.165, 1.54) is 11.8 Å². The van der Waals surface area contributed by atoms with Gasteiger partial charge in [-0.2, -0.15) is 0 Å². The molecule has 3 N–H and O–H groups in total.